The molecule has 0 saturated heterocycles. The van der Waals surface area contributed by atoms with E-state index in [2.05, 4.69) is 4.98 Å². The molecule has 82 valence electrons. The van der Waals surface area contributed by atoms with Gasteiger partial charge < -0.3 is 9.45 Å². The smallest absolute Gasteiger partial charge is 0.253 e. The zero-order chi connectivity index (χ0) is 11.6. The van der Waals surface area contributed by atoms with Gasteiger partial charge in [-0.3, -0.25) is 4.79 Å². The summed E-state index contributed by atoms with van der Waals surface area (Å²) in [6.07, 6.45) is 1.11. The number of carbonyl (C=O) groups excluding carboxylic acids is 1. The average molecular weight is 229 g/mol. The third-order valence-corrected chi connectivity index (χ3v) is 2.38. The minimum atomic E-state index is -4.62. The molecule has 0 aliphatic heterocycles. The van der Waals surface area contributed by atoms with Crippen molar-refractivity contribution in [2.75, 3.05) is 14.1 Å². The highest BCUT2D eigenvalue weighted by atomic mass is 32.2. The molecule has 0 atom stereocenters. The van der Waals surface area contributed by atoms with Crippen molar-refractivity contribution in [2.24, 2.45) is 0 Å². The van der Waals surface area contributed by atoms with Gasteiger partial charge in [-0.1, -0.05) is 0 Å². The largest absolute Gasteiger partial charge is 0.743 e. The SMILES string of the molecule is CN(C)C(=O)c1ccnc(S(=O)(=O)[O-])c1. The van der Waals surface area contributed by atoms with Crippen molar-refractivity contribution >= 4 is 16.0 Å². The Morgan fingerprint density at radius 3 is 2.53 bits per heavy atom. The topological polar surface area (TPSA) is 90.4 Å². The lowest BCUT2D eigenvalue weighted by molar-refractivity contribution is 0.0827. The van der Waals surface area contributed by atoms with Crippen molar-refractivity contribution in [3.63, 3.8) is 0 Å². The first-order valence-electron chi connectivity index (χ1n) is 3.96. The zero-order valence-corrected chi connectivity index (χ0v) is 8.98. The molecule has 1 aromatic rings. The van der Waals surface area contributed by atoms with Crippen LogP contribution in [0.2, 0.25) is 0 Å². The van der Waals surface area contributed by atoms with E-state index < -0.39 is 15.1 Å². The number of rotatable bonds is 2. The molecule has 0 aromatic carbocycles. The standard InChI is InChI=1S/C8H10N2O4S/c1-10(2)8(11)6-3-4-9-7(5-6)15(12,13)14/h3-5H,1-2H3,(H,12,13,14)/p-1. The van der Waals surface area contributed by atoms with Crippen LogP contribution in [0.15, 0.2) is 23.4 Å². The zero-order valence-electron chi connectivity index (χ0n) is 8.17. The summed E-state index contributed by atoms with van der Waals surface area (Å²) in [5, 5.41) is -0.643. The normalized spacial score (nSPS) is 11.1. The summed E-state index contributed by atoms with van der Waals surface area (Å²) in [4.78, 5) is 16.1. The van der Waals surface area contributed by atoms with Crippen LogP contribution in [0.4, 0.5) is 0 Å². The molecule has 15 heavy (non-hydrogen) atoms. The number of hydrogen-bond acceptors (Lipinski definition) is 5. The predicted octanol–water partition coefficient (Wildman–Crippen LogP) is -0.312. The van der Waals surface area contributed by atoms with Crippen LogP contribution in [0.25, 0.3) is 0 Å². The molecular formula is C8H9N2O4S-. The molecule has 1 rings (SSSR count). The first-order valence-corrected chi connectivity index (χ1v) is 5.37. The van der Waals surface area contributed by atoms with Gasteiger partial charge in [0.25, 0.3) is 5.91 Å². The van der Waals surface area contributed by atoms with Crippen molar-refractivity contribution < 1.29 is 17.8 Å². The van der Waals surface area contributed by atoms with E-state index in [0.29, 0.717) is 0 Å². The third-order valence-electron chi connectivity index (χ3n) is 1.64. The van der Waals surface area contributed by atoms with E-state index in [0.717, 1.165) is 12.3 Å². The van der Waals surface area contributed by atoms with Crippen LogP contribution >= 0.6 is 0 Å². The monoisotopic (exact) mass is 229 g/mol. The van der Waals surface area contributed by atoms with Crippen molar-refractivity contribution in [1.29, 1.82) is 0 Å². The lowest BCUT2D eigenvalue weighted by Gasteiger charge is -2.11. The van der Waals surface area contributed by atoms with Crippen LogP contribution in [0.3, 0.4) is 0 Å². The Labute approximate surface area is 87.3 Å². The molecular weight excluding hydrogens is 220 g/mol. The minimum Gasteiger partial charge on any atom is -0.743 e. The van der Waals surface area contributed by atoms with Gasteiger partial charge in [0.1, 0.15) is 15.1 Å². The number of aromatic nitrogens is 1. The van der Waals surface area contributed by atoms with Gasteiger partial charge in [0.15, 0.2) is 0 Å². The lowest BCUT2D eigenvalue weighted by Crippen LogP contribution is -2.22. The number of amides is 1. The number of pyridine rings is 1. The first kappa shape index (κ1) is 11.6. The van der Waals surface area contributed by atoms with Gasteiger partial charge in [0, 0.05) is 25.9 Å². The van der Waals surface area contributed by atoms with E-state index in [1.54, 1.807) is 0 Å². The van der Waals surface area contributed by atoms with Gasteiger partial charge in [-0.25, -0.2) is 13.4 Å². The fourth-order valence-electron chi connectivity index (χ4n) is 0.937. The summed E-state index contributed by atoms with van der Waals surface area (Å²) in [5.74, 6) is -0.387. The lowest BCUT2D eigenvalue weighted by atomic mass is 10.2. The number of carbonyl (C=O) groups is 1. The second kappa shape index (κ2) is 3.95. The molecule has 0 aliphatic carbocycles. The Bertz CT molecular complexity index is 481. The molecule has 0 radical (unpaired) electrons. The molecule has 0 bridgehead atoms. The Morgan fingerprint density at radius 1 is 1.47 bits per heavy atom. The molecule has 1 heterocycles. The van der Waals surface area contributed by atoms with Gasteiger partial charge in [-0.2, -0.15) is 0 Å². The van der Waals surface area contributed by atoms with E-state index >= 15 is 0 Å². The molecule has 1 amide bonds. The summed E-state index contributed by atoms with van der Waals surface area (Å²) in [7, 11) is -1.57. The Hall–Kier alpha value is -1.47. The molecule has 0 aliphatic rings. The summed E-state index contributed by atoms with van der Waals surface area (Å²) in [5.41, 5.74) is 0.115. The van der Waals surface area contributed by atoms with Gasteiger partial charge in [-0.05, 0) is 12.1 Å². The van der Waals surface area contributed by atoms with E-state index in [9.17, 15) is 17.8 Å². The quantitative estimate of drug-likeness (QED) is 0.648. The Morgan fingerprint density at radius 2 is 2.07 bits per heavy atom. The number of hydrogen-bond donors (Lipinski definition) is 0. The predicted molar refractivity (Wildman–Crippen MR) is 50.2 cm³/mol. The van der Waals surface area contributed by atoms with Crippen molar-refractivity contribution in [3.8, 4) is 0 Å². The summed E-state index contributed by atoms with van der Waals surface area (Å²) in [6, 6.07) is 2.31. The van der Waals surface area contributed by atoms with Gasteiger partial charge in [-0.15, -0.1) is 0 Å². The second-order valence-electron chi connectivity index (χ2n) is 3.04. The van der Waals surface area contributed by atoms with Crippen molar-refractivity contribution in [1.82, 2.24) is 9.88 Å². The summed E-state index contributed by atoms with van der Waals surface area (Å²) in [6.45, 7) is 0. The highest BCUT2D eigenvalue weighted by Crippen LogP contribution is 2.08. The molecule has 6 nitrogen and oxygen atoms in total. The molecule has 0 N–H and O–H groups in total. The van der Waals surface area contributed by atoms with Crippen LogP contribution in [0, 0.1) is 0 Å². The summed E-state index contributed by atoms with van der Waals surface area (Å²) < 4.78 is 31.9. The van der Waals surface area contributed by atoms with Crippen LogP contribution in [0.5, 0.6) is 0 Å². The average Bonchev–Trinajstić information content (AvgIpc) is 2.15. The second-order valence-corrected chi connectivity index (χ2v) is 4.36. The van der Waals surface area contributed by atoms with Gasteiger partial charge in [0.2, 0.25) is 0 Å². The van der Waals surface area contributed by atoms with E-state index in [1.165, 1.54) is 25.1 Å². The van der Waals surface area contributed by atoms with Crippen LogP contribution in [-0.4, -0.2) is 42.9 Å². The maximum absolute atomic E-state index is 11.4. The van der Waals surface area contributed by atoms with Gasteiger partial charge in [0.05, 0.1) is 0 Å². The number of nitrogens with zero attached hydrogens (tertiary/aromatic N) is 2. The molecule has 0 fully saturated rings. The maximum atomic E-state index is 11.4. The fourth-order valence-corrected chi connectivity index (χ4v) is 1.40. The summed E-state index contributed by atoms with van der Waals surface area (Å²) >= 11 is 0. The maximum Gasteiger partial charge on any atom is 0.253 e. The highest BCUT2D eigenvalue weighted by molar-refractivity contribution is 7.85. The molecule has 0 saturated carbocycles. The van der Waals surface area contributed by atoms with E-state index in [4.69, 9.17) is 0 Å². The minimum absolute atomic E-state index is 0.115. The van der Waals surface area contributed by atoms with Crippen LogP contribution < -0.4 is 0 Å². The van der Waals surface area contributed by atoms with Crippen LogP contribution in [-0.2, 0) is 10.1 Å². The Balaban J connectivity index is 3.20. The fraction of sp³-hybridized carbons (Fsp3) is 0.250. The van der Waals surface area contributed by atoms with Gasteiger partial charge >= 0.3 is 0 Å². The van der Waals surface area contributed by atoms with E-state index in [1.807, 2.05) is 0 Å². The molecule has 0 spiro atoms. The molecule has 0 unspecified atom stereocenters. The highest BCUT2D eigenvalue weighted by Gasteiger charge is 2.11. The first-order chi connectivity index (χ1) is 6.82. The molecule has 7 heteroatoms. The Kier molecular flexibility index (Phi) is 3.06. The van der Waals surface area contributed by atoms with Crippen molar-refractivity contribution in [2.45, 2.75) is 5.03 Å². The van der Waals surface area contributed by atoms with Crippen molar-refractivity contribution in [3.05, 3.63) is 23.9 Å². The van der Waals surface area contributed by atoms with Crippen LogP contribution in [0.1, 0.15) is 10.4 Å². The third kappa shape index (κ3) is 2.74. The van der Waals surface area contributed by atoms with E-state index in [-0.39, 0.29) is 11.5 Å². The molecule has 1 aromatic heterocycles.